The highest BCUT2D eigenvalue weighted by Crippen LogP contribution is 2.18. The van der Waals surface area contributed by atoms with E-state index in [1.165, 1.54) is 19.4 Å². The average Bonchev–Trinajstić information content (AvgIpc) is 2.89. The summed E-state index contributed by atoms with van der Waals surface area (Å²) < 4.78 is 5.22. The molecule has 0 bridgehead atoms. The molecule has 1 aromatic heterocycles. The fourth-order valence-electron chi connectivity index (χ4n) is 2.10. The maximum Gasteiger partial charge on any atom is 0.243 e. The molecule has 2 heterocycles. The van der Waals surface area contributed by atoms with Crippen LogP contribution in [-0.2, 0) is 6.42 Å². The Morgan fingerprint density at radius 2 is 2.44 bits per heavy atom. The van der Waals surface area contributed by atoms with E-state index in [2.05, 4.69) is 27.4 Å². The molecule has 2 unspecified atom stereocenters. The van der Waals surface area contributed by atoms with Gasteiger partial charge in [-0.2, -0.15) is 4.98 Å². The van der Waals surface area contributed by atoms with E-state index in [4.69, 9.17) is 4.52 Å². The van der Waals surface area contributed by atoms with Crippen LogP contribution < -0.4 is 5.32 Å². The molecule has 1 aliphatic rings. The molecule has 1 aromatic rings. The minimum absolute atomic E-state index is 0.127. The topological polar surface area (TPSA) is 54.2 Å². The fourth-order valence-corrected chi connectivity index (χ4v) is 2.10. The first kappa shape index (κ1) is 11.5. The summed E-state index contributed by atoms with van der Waals surface area (Å²) in [6.45, 7) is 3.20. The number of likely N-dealkylation sites (tertiary alicyclic amines) is 1. The standard InChI is InChI=1S/C11H20N4O/c1-8(12-2)11-13-10(14-16-11)7-9-5-4-6-15(9)3/h8-9,12H,4-7H2,1-3H3. The smallest absolute Gasteiger partial charge is 0.243 e. The monoisotopic (exact) mass is 224 g/mol. The van der Waals surface area contributed by atoms with Crippen molar-refractivity contribution in [2.45, 2.75) is 38.3 Å². The maximum absolute atomic E-state index is 5.22. The number of hydrogen-bond donors (Lipinski definition) is 1. The first-order valence-corrected chi connectivity index (χ1v) is 5.90. The summed E-state index contributed by atoms with van der Waals surface area (Å²) in [6.07, 6.45) is 3.41. The van der Waals surface area contributed by atoms with Crippen LogP contribution in [0.5, 0.6) is 0 Å². The van der Waals surface area contributed by atoms with E-state index < -0.39 is 0 Å². The molecule has 1 saturated heterocycles. The van der Waals surface area contributed by atoms with Crippen molar-refractivity contribution in [3.63, 3.8) is 0 Å². The summed E-state index contributed by atoms with van der Waals surface area (Å²) in [5, 5.41) is 7.12. The van der Waals surface area contributed by atoms with Crippen molar-refractivity contribution in [3.05, 3.63) is 11.7 Å². The third kappa shape index (κ3) is 2.41. The van der Waals surface area contributed by atoms with Crippen molar-refractivity contribution in [3.8, 4) is 0 Å². The van der Waals surface area contributed by atoms with Crippen LogP contribution in [0.1, 0.15) is 37.5 Å². The predicted molar refractivity (Wildman–Crippen MR) is 61.1 cm³/mol. The number of hydrogen-bond acceptors (Lipinski definition) is 5. The largest absolute Gasteiger partial charge is 0.338 e. The SMILES string of the molecule is CNC(C)c1nc(CC2CCCN2C)no1. The van der Waals surface area contributed by atoms with Crippen molar-refractivity contribution < 1.29 is 4.52 Å². The van der Waals surface area contributed by atoms with Gasteiger partial charge >= 0.3 is 0 Å². The molecule has 2 rings (SSSR count). The minimum Gasteiger partial charge on any atom is -0.338 e. The van der Waals surface area contributed by atoms with Gasteiger partial charge in [0, 0.05) is 12.5 Å². The zero-order valence-electron chi connectivity index (χ0n) is 10.2. The Morgan fingerprint density at radius 3 is 3.06 bits per heavy atom. The van der Waals surface area contributed by atoms with Gasteiger partial charge in [0.25, 0.3) is 0 Å². The van der Waals surface area contributed by atoms with Crippen molar-refractivity contribution >= 4 is 0 Å². The van der Waals surface area contributed by atoms with Crippen molar-refractivity contribution in [2.24, 2.45) is 0 Å². The molecule has 0 saturated carbocycles. The fraction of sp³-hybridized carbons (Fsp3) is 0.818. The average molecular weight is 224 g/mol. The van der Waals surface area contributed by atoms with E-state index in [0.717, 1.165) is 12.2 Å². The Kier molecular flexibility index (Phi) is 3.56. The lowest BCUT2D eigenvalue weighted by Crippen LogP contribution is -2.27. The lowest BCUT2D eigenvalue weighted by Gasteiger charge is -2.16. The second-order valence-electron chi connectivity index (χ2n) is 4.54. The minimum atomic E-state index is 0.127. The highest BCUT2D eigenvalue weighted by atomic mass is 16.5. The lowest BCUT2D eigenvalue weighted by molar-refractivity contribution is 0.299. The molecule has 90 valence electrons. The van der Waals surface area contributed by atoms with Crippen LogP contribution in [0.2, 0.25) is 0 Å². The normalized spacial score (nSPS) is 23.8. The van der Waals surface area contributed by atoms with Crippen LogP contribution >= 0.6 is 0 Å². The quantitative estimate of drug-likeness (QED) is 0.826. The Bertz CT molecular complexity index is 338. The number of nitrogens with zero attached hydrogens (tertiary/aromatic N) is 3. The van der Waals surface area contributed by atoms with Gasteiger partial charge in [-0.05, 0) is 40.4 Å². The molecule has 0 amide bonds. The summed E-state index contributed by atoms with van der Waals surface area (Å²) in [4.78, 5) is 6.78. The van der Waals surface area contributed by atoms with Gasteiger partial charge < -0.3 is 14.7 Å². The van der Waals surface area contributed by atoms with Crippen molar-refractivity contribution in [1.82, 2.24) is 20.4 Å². The number of likely N-dealkylation sites (N-methyl/N-ethyl adjacent to an activating group) is 1. The molecule has 1 aliphatic heterocycles. The molecule has 0 aromatic carbocycles. The summed E-state index contributed by atoms with van der Waals surface area (Å²) in [7, 11) is 4.05. The van der Waals surface area contributed by atoms with Crippen LogP contribution in [0.4, 0.5) is 0 Å². The lowest BCUT2D eigenvalue weighted by atomic mass is 10.1. The zero-order valence-corrected chi connectivity index (χ0v) is 10.2. The second-order valence-corrected chi connectivity index (χ2v) is 4.54. The van der Waals surface area contributed by atoms with Gasteiger partial charge in [0.1, 0.15) is 0 Å². The highest BCUT2D eigenvalue weighted by Gasteiger charge is 2.23. The number of rotatable bonds is 4. The van der Waals surface area contributed by atoms with Crippen LogP contribution in [0, 0.1) is 0 Å². The summed E-state index contributed by atoms with van der Waals surface area (Å²) >= 11 is 0. The third-order valence-corrected chi connectivity index (χ3v) is 3.38. The summed E-state index contributed by atoms with van der Waals surface area (Å²) in [5.74, 6) is 1.51. The van der Waals surface area contributed by atoms with E-state index >= 15 is 0 Å². The molecular weight excluding hydrogens is 204 g/mol. The molecule has 0 aliphatic carbocycles. The van der Waals surface area contributed by atoms with Gasteiger partial charge in [0.2, 0.25) is 5.89 Å². The van der Waals surface area contributed by atoms with Gasteiger partial charge in [-0.3, -0.25) is 0 Å². The maximum atomic E-state index is 5.22. The van der Waals surface area contributed by atoms with E-state index in [-0.39, 0.29) is 6.04 Å². The van der Waals surface area contributed by atoms with Gasteiger partial charge in [0.05, 0.1) is 6.04 Å². The van der Waals surface area contributed by atoms with E-state index in [9.17, 15) is 0 Å². The van der Waals surface area contributed by atoms with Gasteiger partial charge in [-0.15, -0.1) is 0 Å². The molecule has 1 fully saturated rings. The zero-order chi connectivity index (χ0) is 11.5. The predicted octanol–water partition coefficient (Wildman–Crippen LogP) is 0.987. The van der Waals surface area contributed by atoms with Gasteiger partial charge in [0.15, 0.2) is 5.82 Å². The van der Waals surface area contributed by atoms with Crippen LogP contribution in [-0.4, -0.2) is 41.7 Å². The number of nitrogens with one attached hydrogen (secondary N) is 1. The highest BCUT2D eigenvalue weighted by molar-refractivity contribution is 4.95. The second kappa shape index (κ2) is 4.93. The van der Waals surface area contributed by atoms with Crippen LogP contribution in [0.15, 0.2) is 4.52 Å². The molecule has 5 heteroatoms. The molecule has 16 heavy (non-hydrogen) atoms. The van der Waals surface area contributed by atoms with Crippen molar-refractivity contribution in [1.29, 1.82) is 0 Å². The molecular formula is C11H20N4O. The summed E-state index contributed by atoms with van der Waals surface area (Å²) in [5.41, 5.74) is 0. The van der Waals surface area contributed by atoms with Gasteiger partial charge in [-0.25, -0.2) is 0 Å². The van der Waals surface area contributed by atoms with Crippen LogP contribution in [0.25, 0.3) is 0 Å². The molecule has 1 N–H and O–H groups in total. The van der Waals surface area contributed by atoms with E-state index in [1.54, 1.807) is 0 Å². The molecule has 0 spiro atoms. The Hall–Kier alpha value is -0.940. The molecule has 5 nitrogen and oxygen atoms in total. The summed E-state index contributed by atoms with van der Waals surface area (Å²) in [6, 6.07) is 0.706. The first-order chi connectivity index (χ1) is 7.70. The Morgan fingerprint density at radius 1 is 1.62 bits per heavy atom. The van der Waals surface area contributed by atoms with E-state index in [1.807, 2.05) is 14.0 Å². The first-order valence-electron chi connectivity index (χ1n) is 5.90. The van der Waals surface area contributed by atoms with E-state index in [0.29, 0.717) is 11.9 Å². The Labute approximate surface area is 96.2 Å². The third-order valence-electron chi connectivity index (χ3n) is 3.38. The molecule has 2 atom stereocenters. The van der Waals surface area contributed by atoms with Crippen LogP contribution in [0.3, 0.4) is 0 Å². The Balaban J connectivity index is 1.97. The number of aromatic nitrogens is 2. The molecule has 0 radical (unpaired) electrons. The van der Waals surface area contributed by atoms with Crippen molar-refractivity contribution in [2.75, 3.05) is 20.6 Å². The van der Waals surface area contributed by atoms with Gasteiger partial charge in [-0.1, -0.05) is 5.16 Å².